The van der Waals surface area contributed by atoms with Crippen LogP contribution in [-0.2, 0) is 0 Å². The molecular weight excluding hydrogens is 310 g/mol. The Labute approximate surface area is 139 Å². The van der Waals surface area contributed by atoms with Gasteiger partial charge in [0, 0.05) is 11.6 Å². The molecule has 0 aliphatic carbocycles. The fraction of sp³-hybridized carbons (Fsp3) is 0.167. The number of ether oxygens (including phenoxy) is 2. The normalized spacial score (nSPS) is 10.6. The summed E-state index contributed by atoms with van der Waals surface area (Å²) in [4.78, 5) is 22.9. The van der Waals surface area contributed by atoms with Gasteiger partial charge in [-0.1, -0.05) is 18.2 Å². The van der Waals surface area contributed by atoms with E-state index in [2.05, 4.69) is 0 Å². The molecule has 0 N–H and O–H groups in total. The third-order valence-electron chi connectivity index (χ3n) is 3.53. The minimum absolute atomic E-state index is 0.0172. The first kappa shape index (κ1) is 17.2. The topological polar surface area (TPSA) is 78.7 Å². The molecule has 2 aromatic carbocycles. The Morgan fingerprint density at radius 1 is 1.12 bits per heavy atom. The van der Waals surface area contributed by atoms with Gasteiger partial charge in [0.2, 0.25) is 0 Å². The van der Waals surface area contributed by atoms with Gasteiger partial charge in [0.25, 0.3) is 5.69 Å². The molecule has 0 spiro atoms. The third-order valence-corrected chi connectivity index (χ3v) is 3.53. The van der Waals surface area contributed by atoms with E-state index in [1.165, 1.54) is 32.4 Å². The summed E-state index contributed by atoms with van der Waals surface area (Å²) in [5.41, 5.74) is 1.51. The quantitative estimate of drug-likeness (QED) is 0.349. The molecule has 6 nitrogen and oxygen atoms in total. The molecule has 0 atom stereocenters. The number of hydrogen-bond donors (Lipinski definition) is 0. The molecule has 0 fully saturated rings. The predicted molar refractivity (Wildman–Crippen MR) is 90.7 cm³/mol. The van der Waals surface area contributed by atoms with E-state index in [1.54, 1.807) is 37.3 Å². The number of methoxy groups -OCH3 is 2. The number of allylic oxidation sites excluding steroid dienone is 1. The van der Waals surface area contributed by atoms with E-state index in [0.717, 1.165) is 0 Å². The van der Waals surface area contributed by atoms with Crippen molar-refractivity contribution in [3.8, 4) is 11.5 Å². The highest BCUT2D eigenvalue weighted by Crippen LogP contribution is 2.25. The Hall–Kier alpha value is -3.15. The number of nitrogens with zero attached hydrogens (tertiary/aromatic N) is 1. The zero-order valence-electron chi connectivity index (χ0n) is 13.6. The fourth-order valence-corrected chi connectivity index (χ4v) is 2.20. The highest BCUT2D eigenvalue weighted by atomic mass is 16.6. The Kier molecular flexibility index (Phi) is 5.31. The highest BCUT2D eigenvalue weighted by Gasteiger charge is 2.12. The number of nitro benzene ring substituents is 1. The van der Waals surface area contributed by atoms with Crippen molar-refractivity contribution in [1.82, 2.24) is 0 Å². The van der Waals surface area contributed by atoms with Gasteiger partial charge in [0.15, 0.2) is 5.78 Å². The van der Waals surface area contributed by atoms with Crippen molar-refractivity contribution in [1.29, 1.82) is 0 Å². The van der Waals surface area contributed by atoms with Gasteiger partial charge in [-0.2, -0.15) is 0 Å². The van der Waals surface area contributed by atoms with Crippen molar-refractivity contribution in [3.63, 3.8) is 0 Å². The lowest BCUT2D eigenvalue weighted by Gasteiger charge is -2.07. The molecule has 0 radical (unpaired) electrons. The van der Waals surface area contributed by atoms with E-state index in [-0.39, 0.29) is 11.5 Å². The van der Waals surface area contributed by atoms with Gasteiger partial charge in [-0.05, 0) is 36.8 Å². The molecule has 0 aliphatic heterocycles. The monoisotopic (exact) mass is 327 g/mol. The first-order chi connectivity index (χ1) is 11.5. The number of hydrogen-bond acceptors (Lipinski definition) is 5. The van der Waals surface area contributed by atoms with Gasteiger partial charge >= 0.3 is 0 Å². The molecule has 6 heteroatoms. The van der Waals surface area contributed by atoms with Crippen LogP contribution >= 0.6 is 0 Å². The lowest BCUT2D eigenvalue weighted by Crippen LogP contribution is -2.00. The van der Waals surface area contributed by atoms with Crippen LogP contribution in [0.4, 0.5) is 5.69 Å². The minimum atomic E-state index is -0.445. The highest BCUT2D eigenvalue weighted by molar-refractivity contribution is 6.08. The minimum Gasteiger partial charge on any atom is -0.497 e. The standard InChI is InChI=1S/C18H17NO5/c1-12-4-5-13(10-16(12)19(21)22)6-8-17(20)15-11-14(23-2)7-9-18(15)24-3/h4-11H,1-3H3/b8-6+. The van der Waals surface area contributed by atoms with Crippen LogP contribution in [0.15, 0.2) is 42.5 Å². The molecule has 2 rings (SSSR count). The van der Waals surface area contributed by atoms with Crippen molar-refractivity contribution in [2.24, 2.45) is 0 Å². The second kappa shape index (κ2) is 7.41. The Bertz CT molecular complexity index is 811. The molecule has 0 heterocycles. The van der Waals surface area contributed by atoms with Gasteiger partial charge in [-0.25, -0.2) is 0 Å². The number of benzene rings is 2. The van der Waals surface area contributed by atoms with Gasteiger partial charge in [0.05, 0.1) is 24.7 Å². The molecule has 0 aliphatic rings. The largest absolute Gasteiger partial charge is 0.497 e. The van der Waals surface area contributed by atoms with Crippen LogP contribution in [0.1, 0.15) is 21.5 Å². The molecule has 0 saturated carbocycles. The lowest BCUT2D eigenvalue weighted by molar-refractivity contribution is -0.385. The summed E-state index contributed by atoms with van der Waals surface area (Å²) < 4.78 is 10.3. The van der Waals surface area contributed by atoms with Crippen molar-refractivity contribution in [2.45, 2.75) is 6.92 Å². The Morgan fingerprint density at radius 3 is 2.50 bits per heavy atom. The number of ketones is 1. The molecule has 0 saturated heterocycles. The van der Waals surface area contributed by atoms with E-state index >= 15 is 0 Å². The van der Waals surface area contributed by atoms with Gasteiger partial charge in [-0.15, -0.1) is 0 Å². The van der Waals surface area contributed by atoms with E-state index in [1.807, 2.05) is 0 Å². The second-order valence-corrected chi connectivity index (χ2v) is 5.07. The second-order valence-electron chi connectivity index (χ2n) is 5.07. The van der Waals surface area contributed by atoms with Crippen molar-refractivity contribution >= 4 is 17.5 Å². The fourth-order valence-electron chi connectivity index (χ4n) is 2.20. The van der Waals surface area contributed by atoms with Gasteiger partial charge < -0.3 is 9.47 Å². The van der Waals surface area contributed by atoms with Crippen LogP contribution in [0, 0.1) is 17.0 Å². The average molecular weight is 327 g/mol. The number of aryl methyl sites for hydroxylation is 1. The van der Waals surface area contributed by atoms with Crippen molar-refractivity contribution in [3.05, 3.63) is 69.3 Å². The molecule has 124 valence electrons. The first-order valence-electron chi connectivity index (χ1n) is 7.15. The Morgan fingerprint density at radius 2 is 1.88 bits per heavy atom. The number of carbonyl (C=O) groups is 1. The van der Waals surface area contributed by atoms with Crippen molar-refractivity contribution < 1.29 is 19.2 Å². The van der Waals surface area contributed by atoms with Crippen LogP contribution in [-0.4, -0.2) is 24.9 Å². The smallest absolute Gasteiger partial charge is 0.272 e. The maximum Gasteiger partial charge on any atom is 0.272 e. The van der Waals surface area contributed by atoms with E-state index in [9.17, 15) is 14.9 Å². The summed E-state index contributed by atoms with van der Waals surface area (Å²) in [5.74, 6) is 0.688. The average Bonchev–Trinajstić information content (AvgIpc) is 2.59. The molecule has 0 amide bonds. The summed E-state index contributed by atoms with van der Waals surface area (Å²) >= 11 is 0. The molecule has 2 aromatic rings. The van der Waals surface area contributed by atoms with Crippen LogP contribution in [0.25, 0.3) is 6.08 Å². The zero-order chi connectivity index (χ0) is 17.7. The number of nitro groups is 1. The molecule has 0 bridgehead atoms. The SMILES string of the molecule is COc1ccc(OC)c(C(=O)/C=C/c2ccc(C)c([N+](=O)[O-])c2)c1. The summed E-state index contributed by atoms with van der Waals surface area (Å²) in [5, 5.41) is 11.0. The zero-order valence-corrected chi connectivity index (χ0v) is 13.6. The molecule has 0 unspecified atom stereocenters. The number of carbonyl (C=O) groups excluding carboxylic acids is 1. The molecule has 24 heavy (non-hydrogen) atoms. The summed E-state index contributed by atoms with van der Waals surface area (Å²) in [7, 11) is 2.99. The van der Waals surface area contributed by atoms with Gasteiger partial charge in [0.1, 0.15) is 11.5 Å². The van der Waals surface area contributed by atoms with Crippen LogP contribution in [0.3, 0.4) is 0 Å². The van der Waals surface area contributed by atoms with Crippen LogP contribution < -0.4 is 9.47 Å². The van der Waals surface area contributed by atoms with E-state index < -0.39 is 4.92 Å². The summed E-state index contributed by atoms with van der Waals surface area (Å²) in [6.45, 7) is 1.66. The van der Waals surface area contributed by atoms with E-state index in [4.69, 9.17) is 9.47 Å². The summed E-state index contributed by atoms with van der Waals surface area (Å²) in [6, 6.07) is 9.73. The van der Waals surface area contributed by atoms with Crippen LogP contribution in [0.2, 0.25) is 0 Å². The Balaban J connectivity index is 2.31. The van der Waals surface area contributed by atoms with Crippen LogP contribution in [0.5, 0.6) is 11.5 Å². The van der Waals surface area contributed by atoms with Crippen molar-refractivity contribution in [2.75, 3.05) is 14.2 Å². The summed E-state index contributed by atoms with van der Waals surface area (Å²) in [6.07, 6.45) is 2.89. The van der Waals surface area contributed by atoms with Gasteiger partial charge in [-0.3, -0.25) is 14.9 Å². The lowest BCUT2D eigenvalue weighted by atomic mass is 10.1. The maximum atomic E-state index is 12.4. The molecule has 0 aromatic heterocycles. The third kappa shape index (κ3) is 3.78. The molecular formula is C18H17NO5. The maximum absolute atomic E-state index is 12.4. The number of rotatable bonds is 6. The van der Waals surface area contributed by atoms with E-state index in [0.29, 0.717) is 28.2 Å². The predicted octanol–water partition coefficient (Wildman–Crippen LogP) is 3.82. The first-order valence-corrected chi connectivity index (χ1v) is 7.15.